The molecule has 1 amide bonds. The van der Waals surface area contributed by atoms with Crippen LogP contribution in [0, 0.1) is 11.3 Å². The lowest BCUT2D eigenvalue weighted by atomic mass is 10.1. The minimum Gasteiger partial charge on any atom is -0.478 e. The molecule has 0 radical (unpaired) electrons. The minimum absolute atomic E-state index is 0.0548. The van der Waals surface area contributed by atoms with Crippen molar-refractivity contribution in [2.75, 3.05) is 16.8 Å². The van der Waals surface area contributed by atoms with Crippen LogP contribution in [0.2, 0.25) is 5.02 Å². The van der Waals surface area contributed by atoms with Crippen LogP contribution in [0.25, 0.3) is 10.8 Å². The number of benzene rings is 2. The fourth-order valence-electron chi connectivity index (χ4n) is 3.15. The zero-order valence-electron chi connectivity index (χ0n) is 18.4. The van der Waals surface area contributed by atoms with Crippen molar-refractivity contribution >= 4 is 45.8 Å². The maximum absolute atomic E-state index is 13.0. The third-order valence-corrected chi connectivity index (χ3v) is 4.83. The first-order valence-electron chi connectivity index (χ1n) is 10.1. The summed E-state index contributed by atoms with van der Waals surface area (Å²) in [6.45, 7) is 5.20. The van der Waals surface area contributed by atoms with Crippen LogP contribution in [0.5, 0.6) is 0 Å². The lowest BCUT2D eigenvalue weighted by molar-refractivity contribution is 0.0579. The van der Waals surface area contributed by atoms with Crippen LogP contribution in [0.15, 0.2) is 54.9 Å². The predicted molar refractivity (Wildman–Crippen MR) is 127 cm³/mol. The third kappa shape index (κ3) is 6.11. The minimum atomic E-state index is -1.06. The monoisotopic (exact) mass is 466 g/mol. The Hall–Kier alpha value is -3.83. The first-order valence-corrected chi connectivity index (χ1v) is 10.5. The second kappa shape index (κ2) is 9.76. The Kier molecular flexibility index (Phi) is 7.04. The zero-order valence-corrected chi connectivity index (χ0v) is 19.1. The fourth-order valence-corrected chi connectivity index (χ4v) is 3.33. The molecule has 170 valence electrons. The Morgan fingerprint density at radius 1 is 1.24 bits per heavy atom. The van der Waals surface area contributed by atoms with Gasteiger partial charge in [-0.1, -0.05) is 23.7 Å². The number of anilines is 2. The maximum atomic E-state index is 13.0. The smallest absolute Gasteiger partial charge is 0.414 e. The SMILES string of the molecule is CC(C)(C)OC(=O)N(CC(C#N)Nc1cncc2ccc(C(=O)O)cc12)c1cccc(Cl)c1. The first-order chi connectivity index (χ1) is 15.6. The van der Waals surface area contributed by atoms with Crippen molar-refractivity contribution in [2.45, 2.75) is 32.4 Å². The number of hydrogen-bond donors (Lipinski definition) is 2. The lowest BCUT2D eigenvalue weighted by Gasteiger charge is -2.29. The van der Waals surface area contributed by atoms with Gasteiger partial charge in [0.25, 0.3) is 0 Å². The van der Waals surface area contributed by atoms with Gasteiger partial charge in [0.1, 0.15) is 11.6 Å². The fraction of sp³-hybridized carbons (Fsp3) is 0.250. The zero-order chi connectivity index (χ0) is 24.2. The van der Waals surface area contributed by atoms with E-state index in [0.717, 1.165) is 0 Å². The Labute approximate surface area is 196 Å². The molecule has 8 nitrogen and oxygen atoms in total. The number of nitriles is 1. The van der Waals surface area contributed by atoms with Gasteiger partial charge in [-0.25, -0.2) is 9.59 Å². The van der Waals surface area contributed by atoms with Crippen molar-refractivity contribution in [1.82, 2.24) is 4.98 Å². The molecule has 33 heavy (non-hydrogen) atoms. The average Bonchev–Trinajstić information content (AvgIpc) is 2.75. The van der Waals surface area contributed by atoms with Gasteiger partial charge >= 0.3 is 12.1 Å². The number of ether oxygens (including phenoxy) is 1. The number of carbonyl (C=O) groups excluding carboxylic acids is 1. The summed E-state index contributed by atoms with van der Waals surface area (Å²) >= 11 is 6.12. The number of carboxylic acids is 1. The van der Waals surface area contributed by atoms with Crippen molar-refractivity contribution in [1.29, 1.82) is 5.26 Å². The van der Waals surface area contributed by atoms with Gasteiger partial charge in [0, 0.05) is 27.7 Å². The number of aromatic nitrogens is 1. The number of hydrogen-bond acceptors (Lipinski definition) is 6. The molecule has 1 atom stereocenters. The van der Waals surface area contributed by atoms with E-state index in [1.165, 1.54) is 23.2 Å². The summed E-state index contributed by atoms with van der Waals surface area (Å²) in [4.78, 5) is 29.8. The average molecular weight is 467 g/mol. The number of pyridine rings is 1. The Morgan fingerprint density at radius 3 is 2.64 bits per heavy atom. The predicted octanol–water partition coefficient (Wildman–Crippen LogP) is 5.33. The molecule has 1 aromatic heterocycles. The highest BCUT2D eigenvalue weighted by molar-refractivity contribution is 6.30. The highest BCUT2D eigenvalue weighted by atomic mass is 35.5. The van der Waals surface area contributed by atoms with Gasteiger partial charge in [-0.2, -0.15) is 5.26 Å². The van der Waals surface area contributed by atoms with Crippen LogP contribution in [-0.2, 0) is 4.74 Å². The van der Waals surface area contributed by atoms with E-state index in [4.69, 9.17) is 16.3 Å². The molecule has 1 unspecified atom stereocenters. The van der Waals surface area contributed by atoms with Crippen LogP contribution < -0.4 is 10.2 Å². The molecule has 9 heteroatoms. The molecule has 0 aliphatic rings. The molecule has 0 aliphatic heterocycles. The molecule has 0 bridgehead atoms. The summed E-state index contributed by atoms with van der Waals surface area (Å²) in [6.07, 6.45) is 2.48. The number of halogens is 1. The van der Waals surface area contributed by atoms with E-state index < -0.39 is 23.7 Å². The van der Waals surface area contributed by atoms with E-state index in [0.29, 0.717) is 27.2 Å². The van der Waals surface area contributed by atoms with Crippen LogP contribution in [-0.4, -0.2) is 40.3 Å². The van der Waals surface area contributed by atoms with Gasteiger partial charge in [-0.3, -0.25) is 9.88 Å². The summed E-state index contributed by atoms with van der Waals surface area (Å²) in [5, 5.41) is 24.0. The van der Waals surface area contributed by atoms with Gasteiger partial charge < -0.3 is 15.2 Å². The van der Waals surface area contributed by atoms with Gasteiger partial charge in [-0.05, 0) is 51.1 Å². The van der Waals surface area contributed by atoms with Crippen molar-refractivity contribution in [2.24, 2.45) is 0 Å². The number of rotatable bonds is 6. The Bertz CT molecular complexity index is 1230. The molecular weight excluding hydrogens is 444 g/mol. The van der Waals surface area contributed by atoms with Gasteiger partial charge in [0.15, 0.2) is 0 Å². The van der Waals surface area contributed by atoms with Crippen LogP contribution >= 0.6 is 11.6 Å². The molecule has 0 aliphatic carbocycles. The third-order valence-electron chi connectivity index (χ3n) is 4.59. The van der Waals surface area contributed by atoms with Crippen molar-refractivity contribution in [3.05, 3.63) is 65.4 Å². The molecule has 0 saturated heterocycles. The number of nitrogens with zero attached hydrogens (tertiary/aromatic N) is 3. The summed E-state index contributed by atoms with van der Waals surface area (Å²) in [6, 6.07) is 12.6. The highest BCUT2D eigenvalue weighted by Crippen LogP contribution is 2.26. The van der Waals surface area contributed by atoms with Crippen molar-refractivity contribution in [3.8, 4) is 6.07 Å². The molecule has 3 aromatic rings. The number of aromatic carboxylic acids is 1. The quantitative estimate of drug-likeness (QED) is 0.504. The second-order valence-electron chi connectivity index (χ2n) is 8.32. The number of fused-ring (bicyclic) bond motifs is 1. The van der Waals surface area contributed by atoms with Gasteiger partial charge in [0.2, 0.25) is 0 Å². The molecule has 3 rings (SSSR count). The molecular formula is C24H23ClN4O4. The summed E-state index contributed by atoms with van der Waals surface area (Å²) < 4.78 is 5.53. The highest BCUT2D eigenvalue weighted by Gasteiger charge is 2.26. The summed E-state index contributed by atoms with van der Waals surface area (Å²) in [7, 11) is 0. The van der Waals surface area contributed by atoms with Crippen LogP contribution in [0.4, 0.5) is 16.2 Å². The standard InChI is InChI=1S/C24H23ClN4O4/c1-24(2,3)33-23(32)29(19-6-4-5-17(25)10-19)14-18(11-26)28-21-13-27-12-16-8-7-15(22(30)31)9-20(16)21/h4-10,12-13,18,28H,14H2,1-3H3,(H,30,31). The molecule has 0 spiro atoms. The van der Waals surface area contributed by atoms with Crippen molar-refractivity contribution in [3.63, 3.8) is 0 Å². The second-order valence-corrected chi connectivity index (χ2v) is 8.76. The van der Waals surface area contributed by atoms with E-state index >= 15 is 0 Å². The molecule has 0 fully saturated rings. The Morgan fingerprint density at radius 2 is 2.00 bits per heavy atom. The lowest BCUT2D eigenvalue weighted by Crippen LogP contribution is -2.43. The number of amides is 1. The summed E-state index contributed by atoms with van der Waals surface area (Å²) in [5.74, 6) is -1.06. The van der Waals surface area contributed by atoms with E-state index in [1.54, 1.807) is 57.3 Å². The van der Waals surface area contributed by atoms with E-state index in [-0.39, 0.29) is 12.1 Å². The largest absolute Gasteiger partial charge is 0.478 e. The van der Waals surface area contributed by atoms with E-state index in [9.17, 15) is 20.0 Å². The molecule has 1 heterocycles. The summed E-state index contributed by atoms with van der Waals surface area (Å²) in [5.41, 5.74) is 0.316. The molecule has 0 saturated carbocycles. The molecule has 2 aromatic carbocycles. The Balaban J connectivity index is 1.94. The maximum Gasteiger partial charge on any atom is 0.414 e. The number of nitrogens with one attached hydrogen (secondary N) is 1. The first kappa shape index (κ1) is 23.8. The number of carboxylic acid groups (broad SMARTS) is 1. The van der Waals surface area contributed by atoms with Gasteiger partial charge in [0.05, 0.1) is 30.1 Å². The number of carbonyl (C=O) groups is 2. The van der Waals surface area contributed by atoms with Crippen LogP contribution in [0.1, 0.15) is 31.1 Å². The van der Waals surface area contributed by atoms with E-state index in [2.05, 4.69) is 16.4 Å². The van der Waals surface area contributed by atoms with Gasteiger partial charge in [-0.15, -0.1) is 0 Å². The molecule has 2 N–H and O–H groups in total. The van der Waals surface area contributed by atoms with Crippen LogP contribution in [0.3, 0.4) is 0 Å². The topological polar surface area (TPSA) is 116 Å². The van der Waals surface area contributed by atoms with E-state index in [1.807, 2.05) is 0 Å². The van der Waals surface area contributed by atoms with Crippen molar-refractivity contribution < 1.29 is 19.4 Å². The normalized spacial score (nSPS) is 12.0.